The molecule has 0 aliphatic carbocycles. The average molecular weight is 493 g/mol. The Bertz CT molecular complexity index is 1280. The predicted molar refractivity (Wildman–Crippen MR) is 134 cm³/mol. The average Bonchev–Trinajstić information content (AvgIpc) is 3.10. The Balaban J connectivity index is 1.54. The maximum atomic E-state index is 13.6. The summed E-state index contributed by atoms with van der Waals surface area (Å²) in [6, 6.07) is 17.2. The first kappa shape index (κ1) is 22.4. The van der Waals surface area contributed by atoms with Crippen LogP contribution in [-0.2, 0) is 17.8 Å². The van der Waals surface area contributed by atoms with E-state index in [0.29, 0.717) is 51.4 Å². The first-order valence-corrected chi connectivity index (χ1v) is 11.5. The zero-order valence-corrected chi connectivity index (χ0v) is 20.2. The summed E-state index contributed by atoms with van der Waals surface area (Å²) in [6.45, 7) is 0.455. The molecule has 0 saturated carbocycles. The lowest BCUT2D eigenvalue weighted by Gasteiger charge is -2.31. The fourth-order valence-corrected chi connectivity index (χ4v) is 5.11. The van der Waals surface area contributed by atoms with Crippen molar-refractivity contribution in [2.45, 2.75) is 19.0 Å². The third-order valence-corrected chi connectivity index (χ3v) is 6.91. The van der Waals surface area contributed by atoms with Gasteiger partial charge in [0.1, 0.15) is 6.04 Å². The van der Waals surface area contributed by atoms with Crippen molar-refractivity contribution in [2.75, 3.05) is 19.1 Å². The minimum atomic E-state index is -0.464. The molecule has 3 aromatic carbocycles. The van der Waals surface area contributed by atoms with Gasteiger partial charge in [0, 0.05) is 29.1 Å². The number of thiocarbonyl (C=S) groups is 1. The van der Waals surface area contributed by atoms with Crippen molar-refractivity contribution in [1.29, 1.82) is 0 Å². The Morgan fingerprint density at radius 2 is 1.68 bits per heavy atom. The summed E-state index contributed by atoms with van der Waals surface area (Å²) in [7, 11) is 3.18. The Morgan fingerprint density at radius 1 is 1.00 bits per heavy atom. The maximum absolute atomic E-state index is 13.6. The minimum Gasteiger partial charge on any atom is -0.493 e. The van der Waals surface area contributed by atoms with E-state index in [1.165, 1.54) is 4.90 Å². The van der Waals surface area contributed by atoms with Crippen LogP contribution in [0.3, 0.4) is 0 Å². The van der Waals surface area contributed by atoms with Gasteiger partial charge < -0.3 is 14.4 Å². The molecular formula is C26H21ClN2O4S. The smallest absolute Gasteiger partial charge is 0.256 e. The van der Waals surface area contributed by atoms with Gasteiger partial charge in [-0.3, -0.25) is 14.5 Å². The van der Waals surface area contributed by atoms with Gasteiger partial charge in [-0.15, -0.1) is 0 Å². The molecule has 1 unspecified atom stereocenters. The quantitative estimate of drug-likeness (QED) is 0.382. The number of methoxy groups -OCH3 is 2. The van der Waals surface area contributed by atoms with Gasteiger partial charge in [0.15, 0.2) is 22.4 Å². The van der Waals surface area contributed by atoms with Crippen LogP contribution in [0.25, 0.3) is 0 Å². The lowest BCUT2D eigenvalue weighted by molar-refractivity contribution is -0.120. The second kappa shape index (κ2) is 8.74. The molecule has 3 aromatic rings. The summed E-state index contributed by atoms with van der Waals surface area (Å²) < 4.78 is 10.9. The number of ether oxygens (including phenoxy) is 2. The van der Waals surface area contributed by atoms with E-state index in [9.17, 15) is 9.59 Å². The fourth-order valence-electron chi connectivity index (χ4n) is 4.56. The zero-order valence-electron chi connectivity index (χ0n) is 18.6. The van der Waals surface area contributed by atoms with E-state index in [2.05, 4.69) is 0 Å². The molecule has 1 amide bonds. The molecule has 0 aromatic heterocycles. The maximum Gasteiger partial charge on any atom is 0.256 e. The van der Waals surface area contributed by atoms with E-state index in [-0.39, 0.29) is 11.7 Å². The Hall–Kier alpha value is -3.42. The van der Waals surface area contributed by atoms with Crippen molar-refractivity contribution in [1.82, 2.24) is 4.90 Å². The highest BCUT2D eigenvalue weighted by Crippen LogP contribution is 2.39. The second-order valence-electron chi connectivity index (χ2n) is 8.14. The van der Waals surface area contributed by atoms with Gasteiger partial charge in [-0.2, -0.15) is 0 Å². The summed E-state index contributed by atoms with van der Waals surface area (Å²) in [5.74, 6) is 0.848. The molecule has 34 heavy (non-hydrogen) atoms. The molecule has 0 bridgehead atoms. The van der Waals surface area contributed by atoms with Crippen LogP contribution in [0, 0.1) is 0 Å². The lowest BCUT2D eigenvalue weighted by atomic mass is 9.94. The van der Waals surface area contributed by atoms with E-state index in [0.717, 1.165) is 11.1 Å². The molecule has 1 saturated heterocycles. The summed E-state index contributed by atoms with van der Waals surface area (Å²) in [5.41, 5.74) is 3.29. The van der Waals surface area contributed by atoms with Crippen LogP contribution in [0.5, 0.6) is 11.5 Å². The summed E-state index contributed by atoms with van der Waals surface area (Å²) in [5, 5.41) is 0.768. The van der Waals surface area contributed by atoms with E-state index >= 15 is 0 Å². The number of anilines is 1. The molecule has 1 atom stereocenters. The molecule has 2 heterocycles. The zero-order chi connectivity index (χ0) is 24.0. The number of carbonyl (C=O) groups is 2. The minimum absolute atomic E-state index is 0.171. The highest BCUT2D eigenvalue weighted by molar-refractivity contribution is 7.80. The topological polar surface area (TPSA) is 59.1 Å². The van der Waals surface area contributed by atoms with Gasteiger partial charge in [-0.25, -0.2) is 0 Å². The largest absolute Gasteiger partial charge is 0.493 e. The van der Waals surface area contributed by atoms with Crippen molar-refractivity contribution in [3.63, 3.8) is 0 Å². The molecule has 2 aliphatic heterocycles. The molecule has 1 fully saturated rings. The van der Waals surface area contributed by atoms with Crippen molar-refractivity contribution in [2.24, 2.45) is 0 Å². The predicted octanol–water partition coefficient (Wildman–Crippen LogP) is 4.65. The van der Waals surface area contributed by atoms with E-state index in [4.69, 9.17) is 33.3 Å². The van der Waals surface area contributed by atoms with E-state index in [1.807, 2.05) is 23.1 Å². The summed E-state index contributed by atoms with van der Waals surface area (Å²) in [6.07, 6.45) is 0.473. The normalized spacial score (nSPS) is 16.9. The SMILES string of the molecule is COc1cc2c(cc1OC)CN1C(=S)N(c3ccc(Cl)cc3C(=O)c3ccccc3)C(=O)C1C2. The van der Waals surface area contributed by atoms with Crippen LogP contribution in [0.4, 0.5) is 5.69 Å². The summed E-state index contributed by atoms with van der Waals surface area (Å²) >= 11 is 12.0. The number of fused-ring (bicyclic) bond motifs is 2. The Kier molecular flexibility index (Phi) is 5.75. The van der Waals surface area contributed by atoms with Crippen LogP contribution in [0.15, 0.2) is 60.7 Å². The third kappa shape index (κ3) is 3.61. The molecule has 5 rings (SSSR count). The van der Waals surface area contributed by atoms with Crippen molar-refractivity contribution in [3.8, 4) is 11.5 Å². The molecule has 172 valence electrons. The number of halogens is 1. The number of benzene rings is 3. The molecule has 2 aliphatic rings. The van der Waals surface area contributed by atoms with Gasteiger partial charge in [0.2, 0.25) is 0 Å². The third-order valence-electron chi connectivity index (χ3n) is 6.26. The number of carbonyl (C=O) groups excluding carboxylic acids is 2. The van der Waals surface area contributed by atoms with Crippen LogP contribution >= 0.6 is 23.8 Å². The standard InChI is InChI=1S/C26H21ClN2O4S/c1-32-22-11-16-10-21-25(31)29(26(34)28(21)14-17(16)12-23(22)33-2)20-9-8-18(27)13-19(20)24(30)15-6-4-3-5-7-15/h3-9,11-13,21H,10,14H2,1-2H3. The van der Waals surface area contributed by atoms with Gasteiger partial charge in [0.05, 0.1) is 19.9 Å². The molecule has 0 radical (unpaired) electrons. The Morgan fingerprint density at radius 3 is 2.35 bits per heavy atom. The molecular weight excluding hydrogens is 472 g/mol. The number of hydrogen-bond acceptors (Lipinski definition) is 5. The number of ketones is 1. The van der Waals surface area contributed by atoms with Crippen molar-refractivity contribution in [3.05, 3.63) is 87.9 Å². The van der Waals surface area contributed by atoms with Gasteiger partial charge in [-0.05, 0) is 53.7 Å². The molecule has 8 heteroatoms. The van der Waals surface area contributed by atoms with Gasteiger partial charge in [-0.1, -0.05) is 41.9 Å². The Labute approximate surface area is 207 Å². The molecule has 0 N–H and O–H groups in total. The lowest BCUT2D eigenvalue weighted by Crippen LogP contribution is -2.40. The van der Waals surface area contributed by atoms with Crippen LogP contribution in [0.2, 0.25) is 5.02 Å². The number of rotatable bonds is 5. The fraction of sp³-hybridized carbons (Fsp3) is 0.192. The number of hydrogen-bond donors (Lipinski definition) is 0. The highest BCUT2D eigenvalue weighted by Gasteiger charge is 2.46. The molecule has 6 nitrogen and oxygen atoms in total. The monoisotopic (exact) mass is 492 g/mol. The van der Waals surface area contributed by atoms with Crippen LogP contribution in [-0.4, -0.2) is 42.0 Å². The first-order chi connectivity index (χ1) is 16.4. The summed E-state index contributed by atoms with van der Waals surface area (Å²) in [4.78, 5) is 30.3. The van der Waals surface area contributed by atoms with Crippen LogP contribution < -0.4 is 14.4 Å². The number of nitrogens with zero attached hydrogens (tertiary/aromatic N) is 2. The van der Waals surface area contributed by atoms with Gasteiger partial charge >= 0.3 is 0 Å². The van der Waals surface area contributed by atoms with Crippen molar-refractivity contribution < 1.29 is 19.1 Å². The van der Waals surface area contributed by atoms with E-state index in [1.54, 1.807) is 56.7 Å². The first-order valence-electron chi connectivity index (χ1n) is 10.7. The second-order valence-corrected chi connectivity index (χ2v) is 8.94. The van der Waals surface area contributed by atoms with Gasteiger partial charge in [0.25, 0.3) is 5.91 Å². The number of amides is 1. The highest BCUT2D eigenvalue weighted by atomic mass is 35.5. The van der Waals surface area contributed by atoms with Crippen molar-refractivity contribution >= 4 is 46.3 Å². The van der Waals surface area contributed by atoms with E-state index < -0.39 is 6.04 Å². The molecule has 0 spiro atoms. The van der Waals surface area contributed by atoms with Crippen LogP contribution in [0.1, 0.15) is 27.0 Å².